The average Bonchev–Trinajstić information content (AvgIpc) is 3.06. The van der Waals surface area contributed by atoms with E-state index in [2.05, 4.69) is 65.6 Å². The third-order valence-corrected chi connectivity index (χ3v) is 6.33. The Kier molecular flexibility index (Phi) is 4.11. The van der Waals surface area contributed by atoms with Crippen LogP contribution in [0.15, 0.2) is 78.9 Å². The second-order valence-corrected chi connectivity index (χ2v) is 7.72. The zero-order chi connectivity index (χ0) is 18.3. The second kappa shape index (κ2) is 6.63. The van der Waals surface area contributed by atoms with Crippen molar-refractivity contribution in [2.24, 2.45) is 0 Å². The molecule has 0 bridgehead atoms. The van der Waals surface area contributed by atoms with Crippen molar-refractivity contribution in [3.63, 3.8) is 0 Å². The summed E-state index contributed by atoms with van der Waals surface area (Å²) in [6.07, 6.45) is 3.04. The van der Waals surface area contributed by atoms with E-state index in [9.17, 15) is 5.11 Å². The van der Waals surface area contributed by atoms with Crippen LogP contribution in [0.2, 0.25) is 0 Å². The number of hydrogen-bond donors (Lipinski definition) is 1. The molecule has 1 atom stereocenters. The van der Waals surface area contributed by atoms with Crippen molar-refractivity contribution in [2.45, 2.75) is 30.9 Å². The molecule has 5 rings (SSSR count). The molecular weight excluding hydrogens is 330 g/mol. The minimum atomic E-state index is -0.610. The molecule has 0 aromatic heterocycles. The van der Waals surface area contributed by atoms with Gasteiger partial charge in [0.2, 0.25) is 0 Å². The van der Waals surface area contributed by atoms with Gasteiger partial charge in [0.1, 0.15) is 11.6 Å². The molecule has 0 unspecified atom stereocenters. The van der Waals surface area contributed by atoms with Crippen LogP contribution >= 0.6 is 0 Å². The molecule has 2 aliphatic rings. The third-order valence-electron chi connectivity index (χ3n) is 6.33. The molecule has 1 N–H and O–H groups in total. The largest absolute Gasteiger partial charge is 0.386 e. The molecule has 1 fully saturated rings. The number of fused-ring (bicyclic) bond motifs is 3. The van der Waals surface area contributed by atoms with Gasteiger partial charge in [-0.2, -0.15) is 0 Å². The average molecular weight is 355 g/mol. The summed E-state index contributed by atoms with van der Waals surface area (Å²) in [5.74, 6) is 0. The molecular formula is C25H25NO. The Hall–Kier alpha value is -2.42. The fourth-order valence-corrected chi connectivity index (χ4v) is 5.18. The van der Waals surface area contributed by atoms with Gasteiger partial charge in [0.25, 0.3) is 0 Å². The van der Waals surface area contributed by atoms with Crippen LogP contribution < -0.4 is 0 Å². The van der Waals surface area contributed by atoms with Crippen LogP contribution in [-0.2, 0) is 5.54 Å². The van der Waals surface area contributed by atoms with E-state index in [1.807, 2.05) is 18.2 Å². The predicted octanol–water partition coefficient (Wildman–Crippen LogP) is 5.13. The van der Waals surface area contributed by atoms with Crippen molar-refractivity contribution in [1.29, 1.82) is 0 Å². The van der Waals surface area contributed by atoms with Crippen molar-refractivity contribution >= 4 is 0 Å². The van der Waals surface area contributed by atoms with Gasteiger partial charge in [0.05, 0.1) is 0 Å². The van der Waals surface area contributed by atoms with Gasteiger partial charge in [-0.05, 0) is 53.7 Å². The quantitative estimate of drug-likeness (QED) is 0.704. The first-order valence-corrected chi connectivity index (χ1v) is 10.0. The smallest absolute Gasteiger partial charge is 0.106 e. The summed E-state index contributed by atoms with van der Waals surface area (Å²) >= 11 is 0. The summed E-state index contributed by atoms with van der Waals surface area (Å²) in [5.41, 5.74) is 5.46. The van der Waals surface area contributed by atoms with Crippen LogP contribution in [-0.4, -0.2) is 23.1 Å². The summed E-state index contributed by atoms with van der Waals surface area (Å²) < 4.78 is 0. The Morgan fingerprint density at radius 1 is 0.667 bits per heavy atom. The van der Waals surface area contributed by atoms with Crippen molar-refractivity contribution in [2.75, 3.05) is 13.1 Å². The first-order chi connectivity index (χ1) is 13.3. The van der Waals surface area contributed by atoms with E-state index in [-0.39, 0.29) is 0 Å². The number of benzene rings is 3. The molecule has 1 aliphatic heterocycles. The number of hydrogen-bond acceptors (Lipinski definition) is 2. The molecule has 27 heavy (non-hydrogen) atoms. The maximum atomic E-state index is 11.9. The zero-order valence-electron chi connectivity index (χ0n) is 15.5. The number of aliphatic hydroxyl groups is 1. The molecule has 1 saturated heterocycles. The van der Waals surface area contributed by atoms with E-state index in [1.54, 1.807) is 0 Å². The molecule has 0 amide bonds. The van der Waals surface area contributed by atoms with E-state index in [4.69, 9.17) is 0 Å². The Labute approximate surface area is 161 Å². The van der Waals surface area contributed by atoms with E-state index < -0.39 is 11.6 Å². The highest BCUT2D eigenvalue weighted by atomic mass is 16.3. The first kappa shape index (κ1) is 16.7. The van der Waals surface area contributed by atoms with E-state index in [0.717, 1.165) is 18.7 Å². The van der Waals surface area contributed by atoms with Crippen LogP contribution in [0.5, 0.6) is 0 Å². The molecule has 1 heterocycles. The van der Waals surface area contributed by atoms with Crippen LogP contribution in [0.25, 0.3) is 11.1 Å². The van der Waals surface area contributed by atoms with Crippen LogP contribution in [0.1, 0.15) is 42.1 Å². The fourth-order valence-electron chi connectivity index (χ4n) is 5.18. The lowest BCUT2D eigenvalue weighted by Crippen LogP contribution is -2.52. The molecule has 3 aromatic rings. The summed E-state index contributed by atoms with van der Waals surface area (Å²) in [6, 6.07) is 27.5. The number of rotatable bonds is 3. The molecule has 3 aromatic carbocycles. The molecule has 136 valence electrons. The number of aliphatic hydroxyl groups excluding tert-OH is 1. The summed E-state index contributed by atoms with van der Waals surface area (Å²) in [5, 5.41) is 11.9. The minimum absolute atomic E-state index is 0.519. The van der Waals surface area contributed by atoms with Crippen molar-refractivity contribution in [3.8, 4) is 11.1 Å². The van der Waals surface area contributed by atoms with E-state index in [0.29, 0.717) is 0 Å². The third kappa shape index (κ3) is 2.40. The topological polar surface area (TPSA) is 23.5 Å². The standard InChI is InChI=1S/C25H25NO/c27-24(19-11-3-1-4-12-19)25(26-17-9-2-10-18-26)22-15-7-5-13-20(22)21-14-6-8-16-23(21)25/h1,3-8,11-16,24,27H,2,9-10,17-18H2/t24-/m0/s1. The zero-order valence-corrected chi connectivity index (χ0v) is 15.5. The van der Waals surface area contributed by atoms with Gasteiger partial charge >= 0.3 is 0 Å². The normalized spacial score (nSPS) is 19.3. The van der Waals surface area contributed by atoms with Gasteiger partial charge in [0.15, 0.2) is 0 Å². The van der Waals surface area contributed by atoms with Gasteiger partial charge in [0, 0.05) is 0 Å². The van der Waals surface area contributed by atoms with Crippen molar-refractivity contribution in [3.05, 3.63) is 95.6 Å². The maximum Gasteiger partial charge on any atom is 0.106 e. The first-order valence-electron chi connectivity index (χ1n) is 10.0. The van der Waals surface area contributed by atoms with E-state index >= 15 is 0 Å². The molecule has 1 aliphatic carbocycles. The molecule has 0 saturated carbocycles. The SMILES string of the molecule is O[C@@H](c1ccccc1)C1(N2CCCCC2)c2ccccc2-c2ccccc21. The highest BCUT2D eigenvalue weighted by molar-refractivity contribution is 5.81. The van der Waals surface area contributed by atoms with Crippen LogP contribution in [0.4, 0.5) is 0 Å². The lowest BCUT2D eigenvalue weighted by Gasteiger charge is -2.48. The Morgan fingerprint density at radius 3 is 1.78 bits per heavy atom. The highest BCUT2D eigenvalue weighted by Gasteiger charge is 2.52. The molecule has 2 nitrogen and oxygen atoms in total. The molecule has 2 heteroatoms. The number of piperidine rings is 1. The van der Waals surface area contributed by atoms with Crippen molar-refractivity contribution in [1.82, 2.24) is 4.90 Å². The Balaban J connectivity index is 1.81. The molecule has 0 spiro atoms. The van der Waals surface area contributed by atoms with E-state index in [1.165, 1.54) is 41.5 Å². The monoisotopic (exact) mass is 355 g/mol. The number of likely N-dealkylation sites (tertiary alicyclic amines) is 1. The number of nitrogens with zero attached hydrogens (tertiary/aromatic N) is 1. The van der Waals surface area contributed by atoms with Gasteiger partial charge in [-0.25, -0.2) is 0 Å². The Bertz CT molecular complexity index is 898. The van der Waals surface area contributed by atoms with Gasteiger partial charge in [-0.15, -0.1) is 0 Å². The minimum Gasteiger partial charge on any atom is -0.386 e. The maximum absolute atomic E-state index is 11.9. The van der Waals surface area contributed by atoms with Gasteiger partial charge < -0.3 is 5.11 Å². The molecule has 0 radical (unpaired) electrons. The van der Waals surface area contributed by atoms with Crippen molar-refractivity contribution < 1.29 is 5.11 Å². The summed E-state index contributed by atoms with van der Waals surface area (Å²) in [6.45, 7) is 2.04. The fraction of sp³-hybridized carbons (Fsp3) is 0.280. The summed E-state index contributed by atoms with van der Waals surface area (Å²) in [4.78, 5) is 2.54. The summed E-state index contributed by atoms with van der Waals surface area (Å²) in [7, 11) is 0. The van der Waals surface area contributed by atoms with Crippen LogP contribution in [0, 0.1) is 0 Å². The second-order valence-electron chi connectivity index (χ2n) is 7.72. The highest BCUT2D eigenvalue weighted by Crippen LogP contribution is 2.56. The van der Waals surface area contributed by atoms with Gasteiger partial charge in [-0.1, -0.05) is 85.3 Å². The Morgan fingerprint density at radius 2 is 1.19 bits per heavy atom. The lowest BCUT2D eigenvalue weighted by molar-refractivity contribution is -0.0193. The van der Waals surface area contributed by atoms with Gasteiger partial charge in [-0.3, -0.25) is 4.90 Å². The van der Waals surface area contributed by atoms with Crippen LogP contribution in [0.3, 0.4) is 0 Å². The lowest BCUT2D eigenvalue weighted by atomic mass is 9.76. The predicted molar refractivity (Wildman–Crippen MR) is 109 cm³/mol.